The van der Waals surface area contributed by atoms with Gasteiger partial charge in [-0.25, -0.2) is 9.29 Å². The Morgan fingerprint density at radius 3 is 2.38 bits per heavy atom. The fourth-order valence-corrected chi connectivity index (χ4v) is 3.51. The molecule has 24 heavy (non-hydrogen) atoms. The summed E-state index contributed by atoms with van der Waals surface area (Å²) in [6.45, 7) is 0.280. The summed E-state index contributed by atoms with van der Waals surface area (Å²) >= 11 is 0. The Morgan fingerprint density at radius 1 is 1.08 bits per heavy atom. The van der Waals surface area contributed by atoms with Gasteiger partial charge in [0.1, 0.15) is 5.75 Å². The fourth-order valence-electron chi connectivity index (χ4n) is 3.51. The SMILES string of the molecule is O=C1C2=C(CCCC2)C(=O)N1c1cc2c(cc1F)OCC/C2=N\O. The van der Waals surface area contributed by atoms with Crippen LogP contribution >= 0.6 is 0 Å². The van der Waals surface area contributed by atoms with Gasteiger partial charge in [-0.3, -0.25) is 9.59 Å². The highest BCUT2D eigenvalue weighted by Gasteiger charge is 2.41. The van der Waals surface area contributed by atoms with E-state index in [4.69, 9.17) is 9.94 Å². The highest BCUT2D eigenvalue weighted by Crippen LogP contribution is 2.39. The number of carbonyl (C=O) groups excluding carboxylic acids is 2. The first-order valence-corrected chi connectivity index (χ1v) is 7.90. The van der Waals surface area contributed by atoms with Crippen LogP contribution in [0, 0.1) is 5.82 Å². The van der Waals surface area contributed by atoms with Crippen molar-refractivity contribution in [3.63, 3.8) is 0 Å². The van der Waals surface area contributed by atoms with Crippen molar-refractivity contribution in [3.8, 4) is 5.75 Å². The quantitative estimate of drug-likeness (QED) is 0.487. The third kappa shape index (κ3) is 2.04. The molecule has 2 aliphatic heterocycles. The molecule has 4 rings (SSSR count). The molecular formula is C17H15FN2O4. The number of benzene rings is 1. The van der Waals surface area contributed by atoms with Crippen molar-refractivity contribution >= 4 is 23.2 Å². The topological polar surface area (TPSA) is 79.2 Å². The fraction of sp³-hybridized carbons (Fsp3) is 0.353. The third-order valence-corrected chi connectivity index (χ3v) is 4.71. The zero-order valence-electron chi connectivity index (χ0n) is 12.8. The highest BCUT2D eigenvalue weighted by atomic mass is 19.1. The molecular weight excluding hydrogens is 315 g/mol. The van der Waals surface area contributed by atoms with E-state index >= 15 is 0 Å². The minimum Gasteiger partial charge on any atom is -0.492 e. The lowest BCUT2D eigenvalue weighted by molar-refractivity contribution is -0.120. The number of imide groups is 1. The van der Waals surface area contributed by atoms with E-state index in [1.165, 1.54) is 6.07 Å². The molecule has 3 aliphatic rings. The van der Waals surface area contributed by atoms with Gasteiger partial charge in [0, 0.05) is 29.2 Å². The van der Waals surface area contributed by atoms with Crippen molar-refractivity contribution in [2.45, 2.75) is 32.1 Å². The number of hydrogen-bond acceptors (Lipinski definition) is 5. The maximum Gasteiger partial charge on any atom is 0.261 e. The van der Waals surface area contributed by atoms with E-state index in [1.54, 1.807) is 0 Å². The number of anilines is 1. The molecule has 0 unspecified atom stereocenters. The molecule has 0 saturated heterocycles. The van der Waals surface area contributed by atoms with E-state index in [0.29, 0.717) is 41.7 Å². The lowest BCUT2D eigenvalue weighted by Gasteiger charge is -2.22. The second-order valence-electron chi connectivity index (χ2n) is 6.05. The zero-order valence-corrected chi connectivity index (χ0v) is 12.8. The van der Waals surface area contributed by atoms with E-state index in [9.17, 15) is 14.0 Å². The predicted octanol–water partition coefficient (Wildman–Crippen LogP) is 2.53. The van der Waals surface area contributed by atoms with Crippen molar-refractivity contribution in [2.75, 3.05) is 11.5 Å². The van der Waals surface area contributed by atoms with Crippen molar-refractivity contribution in [1.29, 1.82) is 0 Å². The third-order valence-electron chi connectivity index (χ3n) is 4.71. The first kappa shape index (κ1) is 14.9. The summed E-state index contributed by atoms with van der Waals surface area (Å²) in [5, 5.41) is 12.3. The number of nitrogens with zero attached hydrogens (tertiary/aromatic N) is 2. The molecule has 0 spiro atoms. The van der Waals surface area contributed by atoms with Gasteiger partial charge in [-0.15, -0.1) is 0 Å². The molecule has 0 fully saturated rings. The van der Waals surface area contributed by atoms with Gasteiger partial charge in [0.05, 0.1) is 18.0 Å². The van der Waals surface area contributed by atoms with Gasteiger partial charge in [-0.05, 0) is 31.7 Å². The molecule has 0 aromatic heterocycles. The van der Waals surface area contributed by atoms with Crippen LogP contribution < -0.4 is 9.64 Å². The molecule has 7 heteroatoms. The number of carbonyl (C=O) groups is 2. The highest BCUT2D eigenvalue weighted by molar-refractivity contribution is 6.33. The molecule has 0 bridgehead atoms. The minimum atomic E-state index is -0.713. The lowest BCUT2D eigenvalue weighted by Crippen LogP contribution is -2.33. The van der Waals surface area contributed by atoms with Gasteiger partial charge in [0.15, 0.2) is 5.82 Å². The summed E-state index contributed by atoms with van der Waals surface area (Å²) in [5.74, 6) is -1.37. The Balaban J connectivity index is 1.81. The molecule has 1 N–H and O–H groups in total. The normalized spacial score (nSPS) is 21.9. The number of ether oxygens (including phenoxy) is 1. The first-order chi connectivity index (χ1) is 11.6. The van der Waals surface area contributed by atoms with Gasteiger partial charge >= 0.3 is 0 Å². The molecule has 6 nitrogen and oxygen atoms in total. The molecule has 1 aromatic carbocycles. The summed E-state index contributed by atoms with van der Waals surface area (Å²) in [7, 11) is 0. The van der Waals surface area contributed by atoms with E-state index in [1.807, 2.05) is 0 Å². The Morgan fingerprint density at radius 2 is 1.75 bits per heavy atom. The average Bonchev–Trinajstić information content (AvgIpc) is 2.85. The molecule has 2 amide bonds. The van der Waals surface area contributed by atoms with E-state index in [2.05, 4.69) is 5.16 Å². The number of halogens is 1. The molecule has 1 aromatic rings. The van der Waals surface area contributed by atoms with Crippen LogP contribution in [0.4, 0.5) is 10.1 Å². The largest absolute Gasteiger partial charge is 0.492 e. The maximum atomic E-state index is 14.5. The van der Waals surface area contributed by atoms with Crippen LogP contribution in [0.3, 0.4) is 0 Å². The maximum absolute atomic E-state index is 14.5. The van der Waals surface area contributed by atoms with Gasteiger partial charge < -0.3 is 9.94 Å². The van der Waals surface area contributed by atoms with Gasteiger partial charge in [-0.1, -0.05) is 5.16 Å². The monoisotopic (exact) mass is 330 g/mol. The molecule has 0 atom stereocenters. The van der Waals surface area contributed by atoms with E-state index in [-0.39, 0.29) is 18.0 Å². The van der Waals surface area contributed by atoms with E-state index < -0.39 is 17.6 Å². The molecule has 1 aliphatic carbocycles. The van der Waals surface area contributed by atoms with Crippen molar-refractivity contribution in [2.24, 2.45) is 5.16 Å². The number of amides is 2. The van der Waals surface area contributed by atoms with Crippen LogP contribution in [-0.4, -0.2) is 29.3 Å². The summed E-state index contributed by atoms with van der Waals surface area (Å²) in [6.07, 6.45) is 3.18. The van der Waals surface area contributed by atoms with Gasteiger partial charge in [0.2, 0.25) is 0 Å². The summed E-state index contributed by atoms with van der Waals surface area (Å²) in [4.78, 5) is 26.1. The van der Waals surface area contributed by atoms with Crippen molar-refractivity contribution in [3.05, 3.63) is 34.7 Å². The Kier molecular flexibility index (Phi) is 3.37. The number of hydrogen-bond donors (Lipinski definition) is 1. The lowest BCUT2D eigenvalue weighted by atomic mass is 9.93. The smallest absolute Gasteiger partial charge is 0.261 e. The second kappa shape index (κ2) is 5.43. The molecule has 124 valence electrons. The van der Waals surface area contributed by atoms with Crippen LogP contribution in [0.25, 0.3) is 0 Å². The Labute approximate surface area is 137 Å². The molecule has 2 heterocycles. The number of fused-ring (bicyclic) bond motifs is 1. The predicted molar refractivity (Wildman–Crippen MR) is 82.8 cm³/mol. The summed E-state index contributed by atoms with van der Waals surface area (Å²) in [6, 6.07) is 2.49. The van der Waals surface area contributed by atoms with Gasteiger partial charge in [-0.2, -0.15) is 0 Å². The van der Waals surface area contributed by atoms with Crippen LogP contribution in [0.2, 0.25) is 0 Å². The standard InChI is InChI=1S/C17H15FN2O4/c18-12-8-15-11(13(19-23)5-6-24-15)7-14(12)20-16(21)9-3-1-2-4-10(9)17(20)22/h7-8,23H,1-6H2/b19-13+. The Bertz CT molecular complexity index is 800. The summed E-state index contributed by atoms with van der Waals surface area (Å²) < 4.78 is 19.9. The zero-order chi connectivity index (χ0) is 16.8. The summed E-state index contributed by atoms with van der Waals surface area (Å²) in [5.41, 5.74) is 1.61. The van der Waals surface area contributed by atoms with Crippen LogP contribution in [-0.2, 0) is 9.59 Å². The molecule has 0 saturated carbocycles. The minimum absolute atomic E-state index is 0.121. The number of rotatable bonds is 1. The van der Waals surface area contributed by atoms with Crippen LogP contribution in [0.5, 0.6) is 5.75 Å². The average molecular weight is 330 g/mol. The Hall–Kier alpha value is -2.70. The van der Waals surface area contributed by atoms with E-state index in [0.717, 1.165) is 23.8 Å². The first-order valence-electron chi connectivity index (χ1n) is 7.90. The van der Waals surface area contributed by atoms with Crippen molar-refractivity contribution in [1.82, 2.24) is 0 Å². The van der Waals surface area contributed by atoms with Crippen molar-refractivity contribution < 1.29 is 23.9 Å². The number of oxime groups is 1. The van der Waals surface area contributed by atoms with Crippen LogP contribution in [0.1, 0.15) is 37.7 Å². The van der Waals surface area contributed by atoms with Crippen LogP contribution in [0.15, 0.2) is 28.4 Å². The second-order valence-corrected chi connectivity index (χ2v) is 6.05. The molecule has 0 radical (unpaired) electrons. The van der Waals surface area contributed by atoms with Gasteiger partial charge in [0.25, 0.3) is 11.8 Å².